The zero-order valence-electron chi connectivity index (χ0n) is 10.8. The van der Waals surface area contributed by atoms with Gasteiger partial charge in [0.15, 0.2) is 0 Å². The quantitative estimate of drug-likeness (QED) is 0.836. The molecule has 0 aromatic heterocycles. The summed E-state index contributed by atoms with van der Waals surface area (Å²) >= 11 is 0. The maximum Gasteiger partial charge on any atom is 0.309 e. The van der Waals surface area contributed by atoms with Crippen LogP contribution in [0.25, 0.3) is 0 Å². The molecule has 1 aromatic rings. The maximum absolute atomic E-state index is 12.0. The molecule has 1 unspecified atom stereocenters. The molecule has 2 N–H and O–H groups in total. The molecule has 0 amide bonds. The molecule has 3 nitrogen and oxygen atoms in total. The summed E-state index contributed by atoms with van der Waals surface area (Å²) in [5, 5.41) is 0. The van der Waals surface area contributed by atoms with Crippen molar-refractivity contribution < 1.29 is 9.53 Å². The van der Waals surface area contributed by atoms with Gasteiger partial charge < -0.3 is 10.5 Å². The molecule has 1 fully saturated rings. The van der Waals surface area contributed by atoms with Crippen LogP contribution in [0, 0.1) is 5.92 Å². The second-order valence-electron chi connectivity index (χ2n) is 5.10. The van der Waals surface area contributed by atoms with Crippen molar-refractivity contribution in [1.82, 2.24) is 0 Å². The third-order valence-corrected chi connectivity index (χ3v) is 3.67. The van der Waals surface area contributed by atoms with Gasteiger partial charge >= 0.3 is 5.97 Å². The highest BCUT2D eigenvalue weighted by atomic mass is 16.5. The lowest BCUT2D eigenvalue weighted by Gasteiger charge is -2.25. The zero-order valence-corrected chi connectivity index (χ0v) is 10.8. The fourth-order valence-corrected chi connectivity index (χ4v) is 2.42. The molecule has 2 rings (SSSR count). The minimum atomic E-state index is -0.172. The molecular weight excluding hydrogens is 226 g/mol. The van der Waals surface area contributed by atoms with Crippen LogP contribution in [0.3, 0.4) is 0 Å². The number of carbonyl (C=O) groups is 1. The standard InChI is InChI=1S/C15H21NO2/c1-11(12-5-3-2-4-6-12)18-15(17)13-7-9-14(16)10-8-13/h2-6,11,13-14H,7-10,16H2,1H3. The molecule has 98 valence electrons. The molecule has 0 radical (unpaired) electrons. The van der Waals surface area contributed by atoms with Gasteiger partial charge in [-0.25, -0.2) is 0 Å². The summed E-state index contributed by atoms with van der Waals surface area (Å²) in [5.74, 6) is -0.0331. The first-order chi connectivity index (χ1) is 8.66. The monoisotopic (exact) mass is 247 g/mol. The molecule has 1 atom stereocenters. The summed E-state index contributed by atoms with van der Waals surface area (Å²) in [6.07, 6.45) is 3.41. The number of hydrogen-bond acceptors (Lipinski definition) is 3. The van der Waals surface area contributed by atoms with Gasteiger partial charge in [0.2, 0.25) is 0 Å². The molecule has 0 spiro atoms. The molecule has 1 aromatic carbocycles. The lowest BCUT2D eigenvalue weighted by molar-refractivity contribution is -0.154. The largest absolute Gasteiger partial charge is 0.458 e. The molecule has 0 aliphatic heterocycles. The molecule has 0 bridgehead atoms. The Labute approximate surface area is 108 Å². The van der Waals surface area contributed by atoms with Crippen molar-refractivity contribution in [2.75, 3.05) is 0 Å². The van der Waals surface area contributed by atoms with E-state index in [9.17, 15) is 4.79 Å². The first-order valence-corrected chi connectivity index (χ1v) is 6.68. The van der Waals surface area contributed by atoms with Gasteiger partial charge in [0.05, 0.1) is 5.92 Å². The van der Waals surface area contributed by atoms with E-state index in [-0.39, 0.29) is 24.0 Å². The van der Waals surface area contributed by atoms with Crippen LogP contribution in [0.2, 0.25) is 0 Å². The van der Waals surface area contributed by atoms with E-state index < -0.39 is 0 Å². The normalized spacial score (nSPS) is 25.4. The Morgan fingerprint density at radius 2 is 1.83 bits per heavy atom. The summed E-state index contributed by atoms with van der Waals surface area (Å²) in [5.41, 5.74) is 6.88. The highest BCUT2D eigenvalue weighted by molar-refractivity contribution is 5.72. The van der Waals surface area contributed by atoms with E-state index in [1.54, 1.807) is 0 Å². The minimum Gasteiger partial charge on any atom is -0.458 e. The Balaban J connectivity index is 1.87. The number of nitrogens with two attached hydrogens (primary N) is 1. The van der Waals surface area contributed by atoms with Crippen LogP contribution in [0.15, 0.2) is 30.3 Å². The van der Waals surface area contributed by atoms with Crippen molar-refractivity contribution in [2.45, 2.75) is 44.8 Å². The average molecular weight is 247 g/mol. The summed E-state index contributed by atoms with van der Waals surface area (Å²) < 4.78 is 5.53. The lowest BCUT2D eigenvalue weighted by Crippen LogP contribution is -2.31. The van der Waals surface area contributed by atoms with Gasteiger partial charge in [-0.05, 0) is 38.2 Å². The van der Waals surface area contributed by atoms with Crippen molar-refractivity contribution in [3.8, 4) is 0 Å². The summed E-state index contributed by atoms with van der Waals surface area (Å²) in [6.45, 7) is 1.92. The van der Waals surface area contributed by atoms with E-state index in [1.807, 2.05) is 37.3 Å². The van der Waals surface area contributed by atoms with E-state index >= 15 is 0 Å². The van der Waals surface area contributed by atoms with Gasteiger partial charge in [-0.15, -0.1) is 0 Å². The van der Waals surface area contributed by atoms with Gasteiger partial charge in [0.25, 0.3) is 0 Å². The van der Waals surface area contributed by atoms with E-state index in [1.165, 1.54) is 0 Å². The SMILES string of the molecule is CC(OC(=O)C1CCC(N)CC1)c1ccccc1. The van der Waals surface area contributed by atoms with Crippen LogP contribution >= 0.6 is 0 Å². The maximum atomic E-state index is 12.0. The molecule has 0 saturated heterocycles. The Bertz CT molecular complexity index is 383. The predicted molar refractivity (Wildman–Crippen MR) is 70.9 cm³/mol. The first-order valence-electron chi connectivity index (χ1n) is 6.68. The van der Waals surface area contributed by atoms with Crippen molar-refractivity contribution in [3.05, 3.63) is 35.9 Å². The van der Waals surface area contributed by atoms with Gasteiger partial charge in [-0.2, -0.15) is 0 Å². The second kappa shape index (κ2) is 6.01. The molecule has 1 aliphatic rings. The van der Waals surface area contributed by atoms with Crippen LogP contribution in [0.4, 0.5) is 0 Å². The molecule has 0 heterocycles. The van der Waals surface area contributed by atoms with E-state index in [4.69, 9.17) is 10.5 Å². The highest BCUT2D eigenvalue weighted by Gasteiger charge is 2.27. The summed E-state index contributed by atoms with van der Waals surface area (Å²) in [4.78, 5) is 12.0. The van der Waals surface area contributed by atoms with E-state index in [0.717, 1.165) is 31.2 Å². The molecule has 1 aliphatic carbocycles. The third-order valence-electron chi connectivity index (χ3n) is 3.67. The Kier molecular flexibility index (Phi) is 4.37. The van der Waals surface area contributed by atoms with Crippen LogP contribution in [0.1, 0.15) is 44.3 Å². The van der Waals surface area contributed by atoms with E-state index in [2.05, 4.69) is 0 Å². The number of benzene rings is 1. The number of rotatable bonds is 3. The smallest absolute Gasteiger partial charge is 0.309 e. The van der Waals surface area contributed by atoms with Crippen LogP contribution in [0.5, 0.6) is 0 Å². The molecular formula is C15H21NO2. The first kappa shape index (κ1) is 13.1. The van der Waals surface area contributed by atoms with Crippen molar-refractivity contribution in [3.63, 3.8) is 0 Å². The second-order valence-corrected chi connectivity index (χ2v) is 5.10. The Morgan fingerprint density at radius 1 is 1.22 bits per heavy atom. The van der Waals surface area contributed by atoms with Crippen LogP contribution in [-0.4, -0.2) is 12.0 Å². The minimum absolute atomic E-state index is 0.0379. The fourth-order valence-electron chi connectivity index (χ4n) is 2.42. The number of esters is 1. The number of carbonyl (C=O) groups excluding carboxylic acids is 1. The number of hydrogen-bond donors (Lipinski definition) is 1. The van der Waals surface area contributed by atoms with E-state index in [0.29, 0.717) is 0 Å². The van der Waals surface area contributed by atoms with Gasteiger partial charge in [-0.3, -0.25) is 4.79 Å². The average Bonchev–Trinajstić information content (AvgIpc) is 2.40. The van der Waals surface area contributed by atoms with Crippen LogP contribution < -0.4 is 5.73 Å². The Morgan fingerprint density at radius 3 is 2.44 bits per heavy atom. The lowest BCUT2D eigenvalue weighted by atomic mass is 9.86. The summed E-state index contributed by atoms with van der Waals surface area (Å²) in [7, 11) is 0. The zero-order chi connectivity index (χ0) is 13.0. The third kappa shape index (κ3) is 3.33. The Hall–Kier alpha value is -1.35. The predicted octanol–water partition coefficient (Wildman–Crippen LogP) is 2.81. The highest BCUT2D eigenvalue weighted by Crippen LogP contribution is 2.26. The van der Waals surface area contributed by atoms with Crippen LogP contribution in [-0.2, 0) is 9.53 Å². The molecule has 18 heavy (non-hydrogen) atoms. The number of ether oxygens (including phenoxy) is 1. The van der Waals surface area contributed by atoms with Crippen molar-refractivity contribution in [1.29, 1.82) is 0 Å². The van der Waals surface area contributed by atoms with Gasteiger partial charge in [-0.1, -0.05) is 30.3 Å². The fraction of sp³-hybridized carbons (Fsp3) is 0.533. The van der Waals surface area contributed by atoms with Crippen molar-refractivity contribution >= 4 is 5.97 Å². The van der Waals surface area contributed by atoms with Gasteiger partial charge in [0.1, 0.15) is 6.10 Å². The van der Waals surface area contributed by atoms with Gasteiger partial charge in [0, 0.05) is 6.04 Å². The topological polar surface area (TPSA) is 52.3 Å². The van der Waals surface area contributed by atoms with Crippen molar-refractivity contribution in [2.24, 2.45) is 11.7 Å². The molecule has 3 heteroatoms. The summed E-state index contributed by atoms with van der Waals surface area (Å²) in [6, 6.07) is 10.1. The molecule has 1 saturated carbocycles.